The standard InChI is InChI=1S/C25H25F3N2O4S/c1-3-34-23-13-12-21(14-17(23)2)35(32,33)30-22(15-18-8-5-4-6-9-18)24(31)29-20-11-7-10-19(16-20)25(26,27)28/h4-14,16,22,30H,3,15H2,1-2H3,(H,29,31)/t22-/m1/s1. The predicted molar refractivity (Wildman–Crippen MR) is 127 cm³/mol. The monoisotopic (exact) mass is 506 g/mol. The number of hydrogen-bond donors (Lipinski definition) is 2. The maximum Gasteiger partial charge on any atom is 0.416 e. The van der Waals surface area contributed by atoms with Crippen molar-refractivity contribution in [2.24, 2.45) is 0 Å². The lowest BCUT2D eigenvalue weighted by atomic mass is 10.1. The van der Waals surface area contributed by atoms with Gasteiger partial charge >= 0.3 is 6.18 Å². The van der Waals surface area contributed by atoms with Gasteiger partial charge in [-0.2, -0.15) is 17.9 Å². The second-order valence-corrected chi connectivity index (χ2v) is 9.51. The molecule has 35 heavy (non-hydrogen) atoms. The highest BCUT2D eigenvalue weighted by Gasteiger charge is 2.31. The average molecular weight is 507 g/mol. The molecular formula is C25H25F3N2O4S. The van der Waals surface area contributed by atoms with Crippen LogP contribution in [0, 0.1) is 6.92 Å². The van der Waals surface area contributed by atoms with E-state index in [9.17, 15) is 26.4 Å². The van der Waals surface area contributed by atoms with E-state index in [0.29, 0.717) is 23.5 Å². The second-order valence-electron chi connectivity index (χ2n) is 7.79. The SMILES string of the molecule is CCOc1ccc(S(=O)(=O)N[C@H](Cc2ccccc2)C(=O)Nc2cccc(C(F)(F)F)c2)cc1C. The Morgan fingerprint density at radius 3 is 2.34 bits per heavy atom. The summed E-state index contributed by atoms with van der Waals surface area (Å²) in [6, 6.07) is 15.9. The van der Waals surface area contributed by atoms with Gasteiger partial charge in [-0.05, 0) is 67.8 Å². The number of sulfonamides is 1. The fourth-order valence-electron chi connectivity index (χ4n) is 3.40. The molecule has 0 radical (unpaired) electrons. The third kappa shape index (κ3) is 7.06. The van der Waals surface area contributed by atoms with Crippen molar-refractivity contribution in [2.45, 2.75) is 37.4 Å². The fourth-order valence-corrected chi connectivity index (χ4v) is 4.68. The Morgan fingerprint density at radius 2 is 1.71 bits per heavy atom. The molecule has 6 nitrogen and oxygen atoms in total. The molecule has 0 unspecified atom stereocenters. The molecule has 186 valence electrons. The summed E-state index contributed by atoms with van der Waals surface area (Å²) in [6.45, 7) is 3.93. The average Bonchev–Trinajstić information content (AvgIpc) is 2.80. The zero-order valence-electron chi connectivity index (χ0n) is 19.1. The number of rotatable bonds is 9. The minimum Gasteiger partial charge on any atom is -0.494 e. The summed E-state index contributed by atoms with van der Waals surface area (Å²) in [5, 5.41) is 2.40. The van der Waals surface area contributed by atoms with Crippen LogP contribution >= 0.6 is 0 Å². The fraction of sp³-hybridized carbons (Fsp3) is 0.240. The number of anilines is 1. The number of nitrogens with one attached hydrogen (secondary N) is 2. The normalized spacial score (nSPS) is 12.7. The summed E-state index contributed by atoms with van der Waals surface area (Å²) < 4.78 is 73.2. The Hall–Kier alpha value is -3.37. The Kier molecular flexibility index (Phi) is 8.18. The molecule has 0 spiro atoms. The Bertz CT molecular complexity index is 1280. The van der Waals surface area contributed by atoms with Crippen LogP contribution in [0.5, 0.6) is 5.75 Å². The molecule has 1 amide bonds. The van der Waals surface area contributed by atoms with Crippen molar-refractivity contribution in [3.05, 3.63) is 89.5 Å². The minimum atomic E-state index is -4.59. The Balaban J connectivity index is 1.88. The molecule has 0 aromatic heterocycles. The molecule has 0 heterocycles. The van der Waals surface area contributed by atoms with Gasteiger partial charge in [0.1, 0.15) is 11.8 Å². The first-order chi connectivity index (χ1) is 16.5. The summed E-state index contributed by atoms with van der Waals surface area (Å²) >= 11 is 0. The van der Waals surface area contributed by atoms with Gasteiger partial charge in [0.05, 0.1) is 17.1 Å². The summed E-state index contributed by atoms with van der Waals surface area (Å²) in [5.41, 5.74) is 0.240. The van der Waals surface area contributed by atoms with Crippen LogP contribution in [-0.4, -0.2) is 27.0 Å². The van der Waals surface area contributed by atoms with E-state index in [-0.39, 0.29) is 17.0 Å². The van der Waals surface area contributed by atoms with Gasteiger partial charge in [0.15, 0.2) is 0 Å². The third-order valence-electron chi connectivity index (χ3n) is 5.11. The molecule has 3 aromatic carbocycles. The maximum absolute atomic E-state index is 13.1. The molecule has 0 aliphatic carbocycles. The minimum absolute atomic E-state index is 0.0130. The van der Waals surface area contributed by atoms with Gasteiger partial charge in [-0.3, -0.25) is 4.79 Å². The molecule has 0 bridgehead atoms. The van der Waals surface area contributed by atoms with Crippen LogP contribution in [0.15, 0.2) is 77.7 Å². The lowest BCUT2D eigenvalue weighted by molar-refractivity contribution is -0.137. The number of halogens is 3. The number of amides is 1. The maximum atomic E-state index is 13.1. The summed E-state index contributed by atoms with van der Waals surface area (Å²) in [5.74, 6) is -0.256. The van der Waals surface area contributed by atoms with E-state index in [4.69, 9.17) is 4.74 Å². The van der Waals surface area contributed by atoms with E-state index < -0.39 is 33.7 Å². The first-order valence-electron chi connectivity index (χ1n) is 10.8. The van der Waals surface area contributed by atoms with Crippen LogP contribution in [0.3, 0.4) is 0 Å². The summed E-state index contributed by atoms with van der Waals surface area (Å²) in [6.07, 6.45) is -4.60. The number of benzene rings is 3. The number of ether oxygens (including phenoxy) is 1. The number of carbonyl (C=O) groups excluding carboxylic acids is 1. The largest absolute Gasteiger partial charge is 0.494 e. The number of carbonyl (C=O) groups is 1. The highest BCUT2D eigenvalue weighted by molar-refractivity contribution is 7.89. The van der Waals surface area contributed by atoms with Gasteiger partial charge in [0, 0.05) is 5.69 Å². The van der Waals surface area contributed by atoms with E-state index in [2.05, 4.69) is 10.0 Å². The molecule has 0 saturated carbocycles. The molecule has 2 N–H and O–H groups in total. The molecule has 1 atom stereocenters. The number of alkyl halides is 3. The summed E-state index contributed by atoms with van der Waals surface area (Å²) in [4.78, 5) is 13.0. The molecule has 3 aromatic rings. The number of aryl methyl sites for hydroxylation is 1. The van der Waals surface area contributed by atoms with Crippen LogP contribution in [0.2, 0.25) is 0 Å². The van der Waals surface area contributed by atoms with Crippen molar-refractivity contribution in [1.82, 2.24) is 4.72 Å². The highest BCUT2D eigenvalue weighted by atomic mass is 32.2. The lowest BCUT2D eigenvalue weighted by Crippen LogP contribution is -2.45. The molecule has 0 aliphatic rings. The topological polar surface area (TPSA) is 84.5 Å². The van der Waals surface area contributed by atoms with Crippen molar-refractivity contribution >= 4 is 21.6 Å². The molecular weight excluding hydrogens is 481 g/mol. The van der Waals surface area contributed by atoms with Crippen LogP contribution in [-0.2, 0) is 27.4 Å². The quantitative estimate of drug-likeness (QED) is 0.431. The highest BCUT2D eigenvalue weighted by Crippen LogP contribution is 2.30. The zero-order chi connectivity index (χ0) is 25.6. The Morgan fingerprint density at radius 1 is 1.00 bits per heavy atom. The van der Waals surface area contributed by atoms with Gasteiger partial charge in [-0.15, -0.1) is 0 Å². The second kappa shape index (κ2) is 10.9. The van der Waals surface area contributed by atoms with Crippen LogP contribution in [0.1, 0.15) is 23.6 Å². The van der Waals surface area contributed by atoms with Crippen LogP contribution in [0.4, 0.5) is 18.9 Å². The molecule has 0 fully saturated rings. The van der Waals surface area contributed by atoms with Gasteiger partial charge < -0.3 is 10.1 Å². The first-order valence-corrected chi connectivity index (χ1v) is 12.3. The van der Waals surface area contributed by atoms with Crippen LogP contribution < -0.4 is 14.8 Å². The summed E-state index contributed by atoms with van der Waals surface area (Å²) in [7, 11) is -4.15. The number of hydrogen-bond acceptors (Lipinski definition) is 4. The first kappa shape index (κ1) is 26.2. The van der Waals surface area contributed by atoms with E-state index in [0.717, 1.165) is 18.2 Å². The van der Waals surface area contributed by atoms with Gasteiger partial charge in [0.2, 0.25) is 15.9 Å². The van der Waals surface area contributed by atoms with Crippen molar-refractivity contribution in [1.29, 1.82) is 0 Å². The zero-order valence-corrected chi connectivity index (χ0v) is 19.9. The van der Waals surface area contributed by atoms with Crippen molar-refractivity contribution in [3.63, 3.8) is 0 Å². The van der Waals surface area contributed by atoms with E-state index >= 15 is 0 Å². The van der Waals surface area contributed by atoms with Crippen LogP contribution in [0.25, 0.3) is 0 Å². The van der Waals surface area contributed by atoms with Crippen molar-refractivity contribution in [3.8, 4) is 5.75 Å². The molecule has 0 saturated heterocycles. The van der Waals surface area contributed by atoms with Gasteiger partial charge in [0.25, 0.3) is 0 Å². The smallest absolute Gasteiger partial charge is 0.416 e. The molecule has 0 aliphatic heterocycles. The predicted octanol–water partition coefficient (Wildman–Crippen LogP) is 4.94. The van der Waals surface area contributed by atoms with Gasteiger partial charge in [-0.25, -0.2) is 8.42 Å². The van der Waals surface area contributed by atoms with E-state index in [1.165, 1.54) is 24.3 Å². The van der Waals surface area contributed by atoms with E-state index in [1.54, 1.807) is 37.3 Å². The van der Waals surface area contributed by atoms with E-state index in [1.807, 2.05) is 6.92 Å². The van der Waals surface area contributed by atoms with Crippen molar-refractivity contribution in [2.75, 3.05) is 11.9 Å². The lowest BCUT2D eigenvalue weighted by Gasteiger charge is -2.20. The third-order valence-corrected chi connectivity index (χ3v) is 6.58. The molecule has 3 rings (SSSR count). The molecule has 10 heteroatoms. The Labute approximate surface area is 202 Å². The van der Waals surface area contributed by atoms with Crippen molar-refractivity contribution < 1.29 is 31.1 Å². The van der Waals surface area contributed by atoms with Gasteiger partial charge in [-0.1, -0.05) is 36.4 Å².